The molecule has 4 nitrogen and oxygen atoms in total. The molecule has 16 heavy (non-hydrogen) atoms. The minimum absolute atomic E-state index is 0. The molecule has 0 aromatic heterocycles. The van der Waals surface area contributed by atoms with Crippen molar-refractivity contribution in [1.82, 2.24) is 0 Å². The number of hydrogen-bond donors (Lipinski definition) is 3. The third-order valence-electron chi connectivity index (χ3n) is 1.82. The van der Waals surface area contributed by atoms with Crippen molar-refractivity contribution in [1.29, 1.82) is 0 Å². The van der Waals surface area contributed by atoms with Crippen LogP contribution in [0.4, 0.5) is 0 Å². The van der Waals surface area contributed by atoms with Crippen molar-refractivity contribution in [3.05, 3.63) is 0 Å². The Morgan fingerprint density at radius 2 is 1.81 bits per heavy atom. The highest BCUT2D eigenvalue weighted by Gasteiger charge is 2.09. The molecule has 2 unspecified atom stereocenters. The van der Waals surface area contributed by atoms with Crippen LogP contribution in [0.25, 0.3) is 0 Å². The molecule has 0 saturated heterocycles. The van der Waals surface area contributed by atoms with E-state index in [9.17, 15) is 4.79 Å². The van der Waals surface area contributed by atoms with Gasteiger partial charge in [0.1, 0.15) is 0 Å². The average Bonchev–Trinajstić information content (AvgIpc) is 2.14. The third-order valence-corrected chi connectivity index (χ3v) is 1.82. The fraction of sp³-hybridized carbons (Fsp3) is 0.700. The largest absolute Gasteiger partial charge is 0.368 e. The Morgan fingerprint density at radius 1 is 1.25 bits per heavy atom. The molecule has 0 aromatic rings. The van der Waals surface area contributed by atoms with E-state index >= 15 is 0 Å². The lowest BCUT2D eigenvalue weighted by molar-refractivity contribution is -0.119. The Balaban J connectivity index is -0.000000845. The Labute approximate surface area is 118 Å². The van der Waals surface area contributed by atoms with Crippen molar-refractivity contribution < 1.29 is 4.79 Å². The summed E-state index contributed by atoms with van der Waals surface area (Å²) in [5, 5.41) is 0. The molecule has 0 aliphatic rings. The number of hydrogen-bond acceptors (Lipinski definition) is 3. The van der Waals surface area contributed by atoms with E-state index in [4.69, 9.17) is 17.2 Å². The standard InChI is InChI=1S/C10H19N3O.2BrH/c1-2-3-4-5-8(11)6-7-9(12)10(13)14;;/h8-9H,2-3,6-7,11-12H2,1H3,(H2,13,14);2*1H. The van der Waals surface area contributed by atoms with Gasteiger partial charge in [0.25, 0.3) is 0 Å². The Hall–Kier alpha value is -0.0900. The highest BCUT2D eigenvalue weighted by molar-refractivity contribution is 8.93. The van der Waals surface area contributed by atoms with Crippen LogP contribution in [0, 0.1) is 11.8 Å². The molecule has 2 atom stereocenters. The summed E-state index contributed by atoms with van der Waals surface area (Å²) in [5.41, 5.74) is 16.1. The monoisotopic (exact) mass is 357 g/mol. The number of rotatable bonds is 5. The van der Waals surface area contributed by atoms with E-state index in [1.807, 2.05) is 0 Å². The van der Waals surface area contributed by atoms with Gasteiger partial charge in [0, 0.05) is 6.42 Å². The van der Waals surface area contributed by atoms with Crippen LogP contribution in [0.5, 0.6) is 0 Å². The van der Waals surface area contributed by atoms with E-state index in [1.54, 1.807) is 0 Å². The maximum atomic E-state index is 10.6. The van der Waals surface area contributed by atoms with Gasteiger partial charge in [-0.3, -0.25) is 4.79 Å². The van der Waals surface area contributed by atoms with Crippen LogP contribution in [0.3, 0.4) is 0 Å². The molecular formula is C10H21Br2N3O. The minimum atomic E-state index is -0.603. The zero-order chi connectivity index (χ0) is 11.0. The Morgan fingerprint density at radius 3 is 2.25 bits per heavy atom. The Kier molecular flexibility index (Phi) is 17.2. The first-order chi connectivity index (χ1) is 6.57. The van der Waals surface area contributed by atoms with Crippen molar-refractivity contribution >= 4 is 39.9 Å². The molecule has 0 radical (unpaired) electrons. The lowest BCUT2D eigenvalue weighted by Crippen LogP contribution is -2.37. The highest BCUT2D eigenvalue weighted by atomic mass is 79.9. The molecule has 0 spiro atoms. The van der Waals surface area contributed by atoms with Gasteiger partial charge in [0.2, 0.25) is 5.91 Å². The van der Waals surface area contributed by atoms with Gasteiger partial charge >= 0.3 is 0 Å². The number of primary amides is 1. The van der Waals surface area contributed by atoms with Crippen molar-refractivity contribution in [2.24, 2.45) is 17.2 Å². The molecule has 0 heterocycles. The van der Waals surface area contributed by atoms with Gasteiger partial charge in [0.05, 0.1) is 12.1 Å². The van der Waals surface area contributed by atoms with Crippen molar-refractivity contribution in [3.63, 3.8) is 0 Å². The molecule has 96 valence electrons. The molecule has 0 aliphatic heterocycles. The molecule has 1 amide bonds. The SMILES string of the molecule is Br.Br.CCCC#CC(N)CCC(N)C(N)=O. The number of nitrogens with two attached hydrogens (primary N) is 3. The molecule has 0 fully saturated rings. The van der Waals surface area contributed by atoms with Crippen LogP contribution < -0.4 is 17.2 Å². The van der Waals surface area contributed by atoms with Gasteiger partial charge in [-0.25, -0.2) is 0 Å². The first-order valence-corrected chi connectivity index (χ1v) is 4.86. The first kappa shape index (κ1) is 21.2. The molecule has 0 rings (SSSR count). The number of carbonyl (C=O) groups is 1. The fourth-order valence-corrected chi connectivity index (χ4v) is 0.902. The summed E-state index contributed by atoms with van der Waals surface area (Å²) in [6, 6.07) is -0.805. The molecule has 6 N–H and O–H groups in total. The maximum absolute atomic E-state index is 10.6. The highest BCUT2D eigenvalue weighted by Crippen LogP contribution is 1.97. The van der Waals surface area contributed by atoms with Crippen LogP contribution in [0.1, 0.15) is 32.6 Å². The number of amides is 1. The maximum Gasteiger partial charge on any atom is 0.234 e. The van der Waals surface area contributed by atoms with Gasteiger partial charge in [-0.1, -0.05) is 12.8 Å². The number of halogens is 2. The topological polar surface area (TPSA) is 95.1 Å². The van der Waals surface area contributed by atoms with E-state index in [-0.39, 0.29) is 40.0 Å². The average molecular weight is 359 g/mol. The summed E-state index contributed by atoms with van der Waals surface area (Å²) in [6.07, 6.45) is 2.99. The number of carbonyl (C=O) groups excluding carboxylic acids is 1. The number of unbranched alkanes of at least 4 members (excludes halogenated alkanes) is 1. The smallest absolute Gasteiger partial charge is 0.234 e. The second-order valence-corrected chi connectivity index (χ2v) is 3.26. The normalized spacial score (nSPS) is 12.2. The summed E-state index contributed by atoms with van der Waals surface area (Å²) < 4.78 is 0. The van der Waals surface area contributed by atoms with Crippen molar-refractivity contribution in [3.8, 4) is 11.8 Å². The van der Waals surface area contributed by atoms with Crippen LogP contribution >= 0.6 is 34.0 Å². The Bertz CT molecular complexity index is 238. The second-order valence-electron chi connectivity index (χ2n) is 3.26. The molecule has 0 saturated carbocycles. The predicted molar refractivity (Wildman–Crippen MR) is 77.7 cm³/mol. The third kappa shape index (κ3) is 12.0. The molecule has 6 heteroatoms. The molecule has 0 aliphatic carbocycles. The summed E-state index contributed by atoms with van der Waals surface area (Å²) in [7, 11) is 0. The minimum Gasteiger partial charge on any atom is -0.368 e. The zero-order valence-electron chi connectivity index (χ0n) is 9.44. The lowest BCUT2D eigenvalue weighted by atomic mass is 10.1. The second kappa shape index (κ2) is 13.0. The van der Waals surface area contributed by atoms with Gasteiger partial charge in [-0.15, -0.1) is 39.9 Å². The summed E-state index contributed by atoms with van der Waals surface area (Å²) in [4.78, 5) is 10.6. The van der Waals surface area contributed by atoms with Crippen LogP contribution in [0.15, 0.2) is 0 Å². The molecular weight excluding hydrogens is 338 g/mol. The van der Waals surface area contributed by atoms with E-state index in [0.29, 0.717) is 12.8 Å². The van der Waals surface area contributed by atoms with Gasteiger partial charge in [-0.05, 0) is 19.3 Å². The van der Waals surface area contributed by atoms with E-state index < -0.39 is 11.9 Å². The van der Waals surface area contributed by atoms with Crippen LogP contribution in [0.2, 0.25) is 0 Å². The molecule has 0 bridgehead atoms. The van der Waals surface area contributed by atoms with Crippen LogP contribution in [-0.2, 0) is 4.79 Å². The van der Waals surface area contributed by atoms with E-state index in [0.717, 1.165) is 12.8 Å². The lowest BCUT2D eigenvalue weighted by Gasteiger charge is -2.08. The van der Waals surface area contributed by atoms with E-state index in [1.165, 1.54) is 0 Å². The fourth-order valence-electron chi connectivity index (χ4n) is 0.902. The quantitative estimate of drug-likeness (QED) is 0.636. The summed E-state index contributed by atoms with van der Waals surface area (Å²) in [6.45, 7) is 2.06. The van der Waals surface area contributed by atoms with E-state index in [2.05, 4.69) is 18.8 Å². The van der Waals surface area contributed by atoms with Gasteiger partial charge in [-0.2, -0.15) is 0 Å². The molecule has 0 aromatic carbocycles. The predicted octanol–water partition coefficient (Wildman–Crippen LogP) is 0.866. The van der Waals surface area contributed by atoms with Crippen LogP contribution in [-0.4, -0.2) is 18.0 Å². The van der Waals surface area contributed by atoms with Gasteiger partial charge in [0.15, 0.2) is 0 Å². The van der Waals surface area contributed by atoms with Crippen molar-refractivity contribution in [2.45, 2.75) is 44.7 Å². The zero-order valence-corrected chi connectivity index (χ0v) is 12.9. The van der Waals surface area contributed by atoms with Crippen molar-refractivity contribution in [2.75, 3.05) is 0 Å². The summed E-state index contributed by atoms with van der Waals surface area (Å²) in [5.74, 6) is 5.37. The summed E-state index contributed by atoms with van der Waals surface area (Å²) >= 11 is 0. The van der Waals surface area contributed by atoms with Gasteiger partial charge < -0.3 is 17.2 Å². The first-order valence-electron chi connectivity index (χ1n) is 4.86.